The van der Waals surface area contributed by atoms with Crippen LogP contribution in [0.3, 0.4) is 0 Å². The highest BCUT2D eigenvalue weighted by Gasteiger charge is 2.40. The van der Waals surface area contributed by atoms with E-state index >= 15 is 0 Å². The number of hydrogen-bond acceptors (Lipinski definition) is 4. The smallest absolute Gasteiger partial charge is 0.260 e. The average Bonchev–Trinajstić information content (AvgIpc) is 2.93. The van der Waals surface area contributed by atoms with Gasteiger partial charge < -0.3 is 19.3 Å². The Labute approximate surface area is 234 Å². The molecule has 0 N–H and O–H groups in total. The Morgan fingerprint density at radius 2 is 1.50 bits per heavy atom. The van der Waals surface area contributed by atoms with E-state index in [4.69, 9.17) is 32.7 Å². The molecule has 1 aliphatic rings. The minimum absolute atomic E-state index is 0.0141. The number of carbonyl (C=O) groups excluding carboxylic acids is 2. The Balaban J connectivity index is 1.45. The summed E-state index contributed by atoms with van der Waals surface area (Å²) in [5.41, 5.74) is 0.533. The molecule has 2 amide bonds. The average molecular weight is 556 g/mol. The number of hydrogen-bond donors (Lipinski definition) is 0. The van der Waals surface area contributed by atoms with E-state index in [-0.39, 0.29) is 24.8 Å². The number of amides is 2. The maximum Gasteiger partial charge on any atom is 0.260 e. The van der Waals surface area contributed by atoms with E-state index in [1.165, 1.54) is 0 Å². The first-order valence-electron chi connectivity index (χ1n) is 12.6. The van der Waals surface area contributed by atoms with Crippen LogP contribution in [0.4, 0.5) is 0 Å². The van der Waals surface area contributed by atoms with Crippen molar-refractivity contribution in [2.75, 3.05) is 33.4 Å². The van der Waals surface area contributed by atoms with Crippen molar-refractivity contribution in [3.63, 3.8) is 0 Å². The lowest BCUT2D eigenvalue weighted by Crippen LogP contribution is -2.51. The number of likely N-dealkylation sites (tertiary alicyclic amines) is 1. The molecule has 1 saturated heterocycles. The van der Waals surface area contributed by atoms with Crippen molar-refractivity contribution in [1.29, 1.82) is 0 Å². The van der Waals surface area contributed by atoms with Crippen molar-refractivity contribution >= 4 is 35.0 Å². The molecule has 3 aromatic rings. The summed E-state index contributed by atoms with van der Waals surface area (Å²) in [6.45, 7) is 1.76. The van der Waals surface area contributed by atoms with Crippen molar-refractivity contribution < 1.29 is 19.1 Å². The fraction of sp³-hybridized carbons (Fsp3) is 0.333. The molecule has 0 saturated carbocycles. The molecule has 0 aromatic heterocycles. The van der Waals surface area contributed by atoms with Gasteiger partial charge in [0.25, 0.3) is 5.91 Å². The van der Waals surface area contributed by atoms with Gasteiger partial charge in [-0.2, -0.15) is 0 Å². The van der Waals surface area contributed by atoms with Crippen LogP contribution in [0.5, 0.6) is 11.5 Å². The first kappa shape index (κ1) is 27.8. The SMILES string of the molecule is CN(Cc1ccccc1)C(=O)CC1(COc2ccc(Cl)cc2)CCCN(C(=O)COc2ccc(Cl)cc2)C1. The van der Waals surface area contributed by atoms with Gasteiger partial charge in [-0.15, -0.1) is 0 Å². The Morgan fingerprint density at radius 1 is 0.895 bits per heavy atom. The monoisotopic (exact) mass is 554 g/mol. The van der Waals surface area contributed by atoms with Crippen LogP contribution in [0.1, 0.15) is 24.8 Å². The fourth-order valence-electron chi connectivity index (χ4n) is 4.67. The fourth-order valence-corrected chi connectivity index (χ4v) is 4.92. The van der Waals surface area contributed by atoms with E-state index < -0.39 is 5.41 Å². The van der Waals surface area contributed by atoms with Crippen molar-refractivity contribution in [1.82, 2.24) is 9.80 Å². The Bertz CT molecular complexity index is 1210. The van der Waals surface area contributed by atoms with Crippen LogP contribution in [0.25, 0.3) is 0 Å². The molecule has 1 fully saturated rings. The van der Waals surface area contributed by atoms with Crippen molar-refractivity contribution in [2.45, 2.75) is 25.8 Å². The van der Waals surface area contributed by atoms with Crippen LogP contribution in [0, 0.1) is 5.41 Å². The summed E-state index contributed by atoms with van der Waals surface area (Å²) in [6.07, 6.45) is 1.81. The van der Waals surface area contributed by atoms with Gasteiger partial charge in [0.1, 0.15) is 11.5 Å². The summed E-state index contributed by atoms with van der Waals surface area (Å²) in [7, 11) is 1.81. The van der Waals surface area contributed by atoms with Crippen LogP contribution >= 0.6 is 23.2 Å². The minimum Gasteiger partial charge on any atom is -0.493 e. The van der Waals surface area contributed by atoms with Gasteiger partial charge in [0.2, 0.25) is 5.91 Å². The molecular weight excluding hydrogens is 523 g/mol. The van der Waals surface area contributed by atoms with Crippen molar-refractivity contribution in [3.05, 3.63) is 94.5 Å². The number of nitrogens with zero attached hydrogens (tertiary/aromatic N) is 2. The number of halogens is 2. The minimum atomic E-state index is -0.532. The summed E-state index contributed by atoms with van der Waals surface area (Å²) in [4.78, 5) is 30.1. The molecule has 0 bridgehead atoms. The van der Waals surface area contributed by atoms with E-state index in [9.17, 15) is 9.59 Å². The van der Waals surface area contributed by atoms with Gasteiger partial charge in [-0.3, -0.25) is 9.59 Å². The predicted octanol–water partition coefficient (Wildman–Crippen LogP) is 6.11. The molecule has 1 heterocycles. The molecule has 0 radical (unpaired) electrons. The largest absolute Gasteiger partial charge is 0.493 e. The molecule has 38 heavy (non-hydrogen) atoms. The first-order chi connectivity index (χ1) is 18.3. The van der Waals surface area contributed by atoms with E-state index in [1.54, 1.807) is 46.2 Å². The van der Waals surface area contributed by atoms with Gasteiger partial charge in [-0.1, -0.05) is 53.5 Å². The lowest BCUT2D eigenvalue weighted by atomic mass is 9.77. The quantitative estimate of drug-likeness (QED) is 0.303. The van der Waals surface area contributed by atoms with E-state index in [1.807, 2.05) is 49.5 Å². The zero-order valence-corrected chi connectivity index (χ0v) is 23.0. The number of piperidine rings is 1. The Hall–Kier alpha value is -3.22. The second-order valence-corrected chi connectivity index (χ2v) is 10.7. The standard InChI is InChI=1S/C30H32Cl2N2O4/c1-33(19-23-6-3-2-4-7-23)28(35)18-30(22-38-27-14-10-25(32)11-15-27)16-5-17-34(21-30)29(36)20-37-26-12-8-24(31)9-13-26/h2-4,6-15H,5,16-22H2,1H3. The predicted molar refractivity (Wildman–Crippen MR) is 150 cm³/mol. The zero-order valence-electron chi connectivity index (χ0n) is 21.4. The van der Waals surface area contributed by atoms with Gasteiger partial charge in [0.15, 0.2) is 6.61 Å². The van der Waals surface area contributed by atoms with Crippen molar-refractivity contribution in [2.24, 2.45) is 5.41 Å². The zero-order chi connectivity index (χ0) is 27.0. The Kier molecular flexibility index (Phi) is 9.53. The highest BCUT2D eigenvalue weighted by atomic mass is 35.5. The second-order valence-electron chi connectivity index (χ2n) is 9.82. The third-order valence-electron chi connectivity index (χ3n) is 6.76. The van der Waals surface area contributed by atoms with Gasteiger partial charge in [0.05, 0.1) is 6.61 Å². The van der Waals surface area contributed by atoms with Crippen LogP contribution in [0.15, 0.2) is 78.9 Å². The molecule has 200 valence electrons. The molecule has 3 aromatic carbocycles. The number of rotatable bonds is 10. The van der Waals surface area contributed by atoms with E-state index in [0.717, 1.165) is 18.4 Å². The number of ether oxygens (including phenoxy) is 2. The molecule has 1 unspecified atom stereocenters. The molecule has 6 nitrogen and oxygen atoms in total. The van der Waals surface area contributed by atoms with E-state index in [0.29, 0.717) is 47.8 Å². The number of carbonyl (C=O) groups is 2. The van der Waals surface area contributed by atoms with Gasteiger partial charge in [0, 0.05) is 48.6 Å². The molecule has 8 heteroatoms. The normalized spacial score (nSPS) is 17.1. The summed E-state index contributed by atoms with van der Waals surface area (Å²) in [5.74, 6) is 1.14. The Morgan fingerprint density at radius 3 is 2.13 bits per heavy atom. The van der Waals surface area contributed by atoms with E-state index in [2.05, 4.69) is 0 Å². The highest BCUT2D eigenvalue weighted by Crippen LogP contribution is 2.35. The van der Waals surface area contributed by atoms with Gasteiger partial charge in [-0.05, 0) is 66.9 Å². The van der Waals surface area contributed by atoms with Crippen LogP contribution in [-0.2, 0) is 16.1 Å². The molecule has 1 aliphatic heterocycles. The molecule has 1 atom stereocenters. The summed E-state index contributed by atoms with van der Waals surface area (Å²) >= 11 is 12.0. The third kappa shape index (κ3) is 7.89. The third-order valence-corrected chi connectivity index (χ3v) is 7.27. The first-order valence-corrected chi connectivity index (χ1v) is 13.4. The summed E-state index contributed by atoms with van der Waals surface area (Å²) in [5, 5.41) is 1.23. The topological polar surface area (TPSA) is 59.1 Å². The highest BCUT2D eigenvalue weighted by molar-refractivity contribution is 6.30. The lowest BCUT2D eigenvalue weighted by molar-refractivity contribution is -0.142. The van der Waals surface area contributed by atoms with Gasteiger partial charge >= 0.3 is 0 Å². The number of benzene rings is 3. The van der Waals surface area contributed by atoms with Crippen LogP contribution in [-0.4, -0.2) is 55.0 Å². The van der Waals surface area contributed by atoms with Crippen molar-refractivity contribution in [3.8, 4) is 11.5 Å². The molecular formula is C30H32Cl2N2O4. The van der Waals surface area contributed by atoms with Crippen LogP contribution < -0.4 is 9.47 Å². The summed E-state index contributed by atoms with van der Waals surface area (Å²) in [6, 6.07) is 24.0. The molecule has 0 aliphatic carbocycles. The van der Waals surface area contributed by atoms with Gasteiger partial charge in [-0.25, -0.2) is 0 Å². The van der Waals surface area contributed by atoms with Crippen LogP contribution in [0.2, 0.25) is 10.0 Å². The second kappa shape index (κ2) is 13.0. The lowest BCUT2D eigenvalue weighted by Gasteiger charge is -2.42. The maximum absolute atomic E-state index is 13.4. The summed E-state index contributed by atoms with van der Waals surface area (Å²) < 4.78 is 11.9. The molecule has 4 rings (SSSR count). The maximum atomic E-state index is 13.4. The molecule has 0 spiro atoms.